The van der Waals surface area contributed by atoms with Gasteiger partial charge in [0.1, 0.15) is 0 Å². The predicted octanol–water partition coefficient (Wildman–Crippen LogP) is 5.99. The van der Waals surface area contributed by atoms with Crippen molar-refractivity contribution in [3.63, 3.8) is 0 Å². The van der Waals surface area contributed by atoms with Crippen LogP contribution >= 0.6 is 31.9 Å². The Bertz CT molecular complexity index is 352. The van der Waals surface area contributed by atoms with E-state index < -0.39 is 18.4 Å². The van der Waals surface area contributed by atoms with Crippen LogP contribution in [0.4, 0.5) is 0 Å². The van der Waals surface area contributed by atoms with Crippen molar-refractivity contribution in [2.24, 2.45) is 0 Å². The Balaban J connectivity index is 3.04. The van der Waals surface area contributed by atoms with Crippen LogP contribution < -0.4 is 3.84 Å². The first-order valence-corrected chi connectivity index (χ1v) is 17.1. The van der Waals surface area contributed by atoms with Gasteiger partial charge >= 0.3 is 146 Å². The third kappa shape index (κ3) is 5.31. The second kappa shape index (κ2) is 9.88. The first-order chi connectivity index (χ1) is 9.59. The minimum absolute atomic E-state index is 0.957. The van der Waals surface area contributed by atoms with E-state index in [0.717, 1.165) is 9.21 Å². The van der Waals surface area contributed by atoms with E-state index in [-0.39, 0.29) is 0 Å². The molecule has 0 spiro atoms. The van der Waals surface area contributed by atoms with Gasteiger partial charge in [-0.05, 0) is 0 Å². The topological polar surface area (TPSA) is 28.7 Å². The van der Waals surface area contributed by atoms with Crippen LogP contribution in [0.3, 0.4) is 0 Å². The first kappa shape index (κ1) is 19.0. The fourth-order valence-corrected chi connectivity index (χ4v) is 19.5. The number of rotatable bonds is 10. The van der Waals surface area contributed by atoms with Crippen molar-refractivity contribution in [3.05, 3.63) is 9.21 Å². The van der Waals surface area contributed by atoms with Crippen LogP contribution in [0.1, 0.15) is 59.3 Å². The van der Waals surface area contributed by atoms with Crippen LogP contribution in [0.25, 0.3) is 0 Å². The molecule has 1 aromatic rings. The Hall–Kier alpha value is 0.969. The maximum absolute atomic E-state index is 4.85. The summed E-state index contributed by atoms with van der Waals surface area (Å²) in [6.45, 7) is 6.93. The van der Waals surface area contributed by atoms with Gasteiger partial charge < -0.3 is 0 Å². The molecule has 0 radical (unpaired) electrons. The van der Waals surface area contributed by atoms with Gasteiger partial charge in [0, 0.05) is 0 Å². The SMILES string of the molecule is CCC[CH2][Sn]([CH2]CCC)([CH2]CCC)[c]1nc(Br)c(Br)[nH]1. The fourth-order valence-electron chi connectivity index (χ4n) is 2.86. The summed E-state index contributed by atoms with van der Waals surface area (Å²) < 4.78 is 7.73. The van der Waals surface area contributed by atoms with Crippen LogP contribution in [0.2, 0.25) is 13.3 Å². The van der Waals surface area contributed by atoms with Crippen LogP contribution in [0.5, 0.6) is 0 Å². The van der Waals surface area contributed by atoms with E-state index in [0.29, 0.717) is 0 Å². The molecule has 1 aromatic heterocycles. The molecule has 2 nitrogen and oxygen atoms in total. The van der Waals surface area contributed by atoms with E-state index in [9.17, 15) is 0 Å². The molecule has 1 heterocycles. The van der Waals surface area contributed by atoms with Gasteiger partial charge in [-0.2, -0.15) is 0 Å². The standard InChI is InChI=1S/3C4H9.C3HBr2N2.Sn/c3*1-3-4-2;4-2-3(5)7-1-6-2;/h3*1,3-4H2,2H3;(H,6,7);. The van der Waals surface area contributed by atoms with E-state index in [1.165, 1.54) is 55.7 Å². The molecule has 0 aliphatic heterocycles. The Morgan fingerprint density at radius 2 is 1.35 bits per heavy atom. The van der Waals surface area contributed by atoms with E-state index in [4.69, 9.17) is 4.98 Å². The van der Waals surface area contributed by atoms with Crippen molar-refractivity contribution in [3.8, 4) is 0 Å². The zero-order valence-electron chi connectivity index (χ0n) is 13.1. The number of aromatic nitrogens is 2. The van der Waals surface area contributed by atoms with Crippen molar-refractivity contribution >= 4 is 54.1 Å². The Morgan fingerprint density at radius 1 is 0.900 bits per heavy atom. The van der Waals surface area contributed by atoms with Gasteiger partial charge in [-0.15, -0.1) is 0 Å². The van der Waals surface area contributed by atoms with E-state index in [2.05, 4.69) is 57.6 Å². The molecule has 0 aromatic carbocycles. The molecule has 0 saturated heterocycles. The van der Waals surface area contributed by atoms with Crippen molar-refractivity contribution in [2.45, 2.75) is 72.6 Å². The number of halogens is 2. The minimum atomic E-state index is -2.34. The molecule has 116 valence electrons. The van der Waals surface area contributed by atoms with Crippen LogP contribution in [-0.2, 0) is 0 Å². The number of H-pyrrole nitrogens is 1. The summed E-state index contributed by atoms with van der Waals surface area (Å²) in [5.74, 6) is 0. The van der Waals surface area contributed by atoms with Gasteiger partial charge in [0.25, 0.3) is 0 Å². The zero-order chi connectivity index (χ0) is 15.0. The zero-order valence-corrected chi connectivity index (χ0v) is 19.1. The van der Waals surface area contributed by atoms with Gasteiger partial charge in [-0.25, -0.2) is 0 Å². The van der Waals surface area contributed by atoms with Gasteiger partial charge in [-0.3, -0.25) is 0 Å². The van der Waals surface area contributed by atoms with Crippen LogP contribution in [0.15, 0.2) is 9.21 Å². The summed E-state index contributed by atoms with van der Waals surface area (Å²) >= 11 is 4.79. The number of hydrogen-bond acceptors (Lipinski definition) is 1. The van der Waals surface area contributed by atoms with Gasteiger partial charge in [0.2, 0.25) is 0 Å². The summed E-state index contributed by atoms with van der Waals surface area (Å²) in [6.07, 6.45) is 8.04. The molecule has 1 rings (SSSR count). The van der Waals surface area contributed by atoms with Crippen molar-refractivity contribution in [1.82, 2.24) is 9.97 Å². The molecule has 0 atom stereocenters. The number of aromatic amines is 1. The molecule has 0 aliphatic carbocycles. The second-order valence-corrected chi connectivity index (χ2v) is 20.3. The number of nitrogens with zero attached hydrogens (tertiary/aromatic N) is 1. The number of hydrogen-bond donors (Lipinski definition) is 1. The molecule has 0 amide bonds. The van der Waals surface area contributed by atoms with Crippen LogP contribution in [0, 0.1) is 0 Å². The number of imidazole rings is 1. The van der Waals surface area contributed by atoms with Crippen LogP contribution in [-0.4, -0.2) is 28.3 Å². The van der Waals surface area contributed by atoms with Gasteiger partial charge in [0.15, 0.2) is 0 Å². The molecular weight excluding hydrogens is 487 g/mol. The predicted molar refractivity (Wildman–Crippen MR) is 98.5 cm³/mol. The molecular formula is C15H28Br2N2Sn. The summed E-state index contributed by atoms with van der Waals surface area (Å²) in [7, 11) is 0. The molecule has 0 saturated carbocycles. The normalized spacial score (nSPS) is 12.1. The third-order valence-electron chi connectivity index (χ3n) is 4.15. The molecule has 1 N–H and O–H groups in total. The van der Waals surface area contributed by atoms with Gasteiger partial charge in [-0.1, -0.05) is 0 Å². The average Bonchev–Trinajstić information content (AvgIpc) is 2.79. The van der Waals surface area contributed by atoms with E-state index in [1.54, 1.807) is 0 Å². The monoisotopic (exact) mass is 514 g/mol. The second-order valence-electron chi connectivity index (χ2n) is 5.78. The number of unbranched alkanes of at least 4 members (excludes halogenated alkanes) is 3. The van der Waals surface area contributed by atoms with Gasteiger partial charge in [0.05, 0.1) is 0 Å². The van der Waals surface area contributed by atoms with Crippen molar-refractivity contribution in [2.75, 3.05) is 0 Å². The summed E-state index contributed by atoms with van der Waals surface area (Å²) in [5, 5.41) is 0. The quantitative estimate of drug-likeness (QED) is 0.382. The molecule has 20 heavy (non-hydrogen) atoms. The fraction of sp³-hybridized carbons (Fsp3) is 0.800. The summed E-state index contributed by atoms with van der Waals surface area (Å²) in [5.41, 5.74) is 0. The molecule has 5 heteroatoms. The third-order valence-corrected chi connectivity index (χ3v) is 20.6. The Kier molecular flexibility index (Phi) is 9.39. The van der Waals surface area contributed by atoms with E-state index in [1.807, 2.05) is 0 Å². The summed E-state index contributed by atoms with van der Waals surface area (Å²) in [4.78, 5) is 8.41. The molecule has 0 unspecified atom stereocenters. The Labute approximate surface area is 145 Å². The molecule has 0 fully saturated rings. The Morgan fingerprint density at radius 3 is 1.65 bits per heavy atom. The first-order valence-electron chi connectivity index (χ1n) is 8.01. The number of nitrogens with one attached hydrogen (secondary N) is 1. The average molecular weight is 515 g/mol. The maximum atomic E-state index is 4.85. The molecule has 0 aliphatic rings. The summed E-state index contributed by atoms with van der Waals surface area (Å²) in [6, 6.07) is 0. The van der Waals surface area contributed by atoms with Crippen molar-refractivity contribution < 1.29 is 0 Å². The van der Waals surface area contributed by atoms with Crippen molar-refractivity contribution in [1.29, 1.82) is 0 Å². The molecule has 0 bridgehead atoms. The van der Waals surface area contributed by atoms with E-state index >= 15 is 0 Å².